The minimum atomic E-state index is -3.48. The molecule has 0 saturated heterocycles. The van der Waals surface area contributed by atoms with Crippen LogP contribution in [-0.2, 0) is 10.0 Å². The van der Waals surface area contributed by atoms with Crippen LogP contribution in [-0.4, -0.2) is 37.0 Å². The van der Waals surface area contributed by atoms with Crippen LogP contribution in [0.2, 0.25) is 0 Å². The molecule has 0 spiro atoms. The monoisotopic (exact) mass is 559 g/mol. The van der Waals surface area contributed by atoms with Gasteiger partial charge in [-0.25, -0.2) is 18.1 Å². The summed E-state index contributed by atoms with van der Waals surface area (Å²) >= 11 is 3.34. The van der Waals surface area contributed by atoms with Gasteiger partial charge in [-0.3, -0.25) is 0 Å². The van der Waals surface area contributed by atoms with Crippen molar-refractivity contribution in [3.63, 3.8) is 0 Å². The summed E-state index contributed by atoms with van der Waals surface area (Å²) in [4.78, 5) is 9.78. The Balaban J connectivity index is 1.30. The van der Waals surface area contributed by atoms with E-state index in [9.17, 15) is 8.42 Å². The second-order valence-electron chi connectivity index (χ2n) is 10.4. The lowest BCUT2D eigenvalue weighted by Crippen LogP contribution is -2.32. The van der Waals surface area contributed by atoms with E-state index in [1.54, 1.807) is 24.3 Å². The zero-order valence-corrected chi connectivity index (χ0v) is 22.9. The van der Waals surface area contributed by atoms with Gasteiger partial charge < -0.3 is 10.6 Å². The number of anilines is 2. The van der Waals surface area contributed by atoms with Gasteiger partial charge in [-0.2, -0.15) is 4.98 Å². The summed E-state index contributed by atoms with van der Waals surface area (Å²) in [6.45, 7) is 7.65. The Bertz CT molecular complexity index is 1250. The molecular weight excluding hydrogens is 526 g/mol. The van der Waals surface area contributed by atoms with Gasteiger partial charge in [0.05, 0.1) is 10.4 Å². The molecule has 35 heavy (non-hydrogen) atoms. The van der Waals surface area contributed by atoms with Crippen molar-refractivity contribution in [3.05, 3.63) is 53.0 Å². The number of sulfonamides is 1. The van der Waals surface area contributed by atoms with E-state index in [1.807, 2.05) is 24.3 Å². The third-order valence-electron chi connectivity index (χ3n) is 6.30. The maximum Gasteiger partial charge on any atom is 0.240 e. The van der Waals surface area contributed by atoms with Crippen LogP contribution in [0, 0.1) is 11.8 Å². The Morgan fingerprint density at radius 3 is 2.20 bits per heavy atom. The van der Waals surface area contributed by atoms with Gasteiger partial charge in [0, 0.05) is 28.5 Å². The summed E-state index contributed by atoms with van der Waals surface area (Å²) in [7, 11) is -3.48. The minimum Gasteiger partial charge on any atom is -0.365 e. The van der Waals surface area contributed by atoms with Gasteiger partial charge in [0.15, 0.2) is 0 Å². The average Bonchev–Trinajstić information content (AvgIpc) is 2.81. The second-order valence-corrected chi connectivity index (χ2v) is 13.0. The van der Waals surface area contributed by atoms with Crippen LogP contribution in [0.1, 0.15) is 46.5 Å². The summed E-state index contributed by atoms with van der Waals surface area (Å²) in [6.07, 6.45) is 4.12. The SMILES string of the molecule is CC(C)(C)Nc1nc(NCC2CCC(CNS(=O)(=O)c3ccc(Br)cc3)CC2)nc2ccccc12. The molecule has 3 aromatic rings. The smallest absolute Gasteiger partial charge is 0.240 e. The quantitative estimate of drug-likeness (QED) is 0.322. The van der Waals surface area contributed by atoms with E-state index in [0.717, 1.165) is 53.4 Å². The molecule has 0 aliphatic heterocycles. The zero-order valence-electron chi connectivity index (χ0n) is 20.5. The summed E-state index contributed by atoms with van der Waals surface area (Å²) in [6, 6.07) is 14.8. The molecule has 1 aliphatic rings. The van der Waals surface area contributed by atoms with E-state index < -0.39 is 10.0 Å². The largest absolute Gasteiger partial charge is 0.365 e. The first-order chi connectivity index (χ1) is 16.6. The summed E-state index contributed by atoms with van der Waals surface area (Å²) in [5, 5.41) is 7.96. The highest BCUT2D eigenvalue weighted by atomic mass is 79.9. The Morgan fingerprint density at radius 2 is 1.54 bits per heavy atom. The Morgan fingerprint density at radius 1 is 0.914 bits per heavy atom. The van der Waals surface area contributed by atoms with Gasteiger partial charge in [-0.05, 0) is 94.7 Å². The number of fused-ring (bicyclic) bond motifs is 1. The molecule has 1 fully saturated rings. The molecule has 0 amide bonds. The highest BCUT2D eigenvalue weighted by Crippen LogP contribution is 2.30. The van der Waals surface area contributed by atoms with Crippen LogP contribution in [0.25, 0.3) is 10.9 Å². The predicted octanol–water partition coefficient (Wildman–Crippen LogP) is 5.80. The van der Waals surface area contributed by atoms with Gasteiger partial charge in [0.25, 0.3) is 0 Å². The molecule has 0 bridgehead atoms. The number of aromatic nitrogens is 2. The molecule has 1 aliphatic carbocycles. The first kappa shape index (κ1) is 25.9. The molecular formula is C26H34BrN5O2S. The first-order valence-corrected chi connectivity index (χ1v) is 14.4. The number of nitrogens with one attached hydrogen (secondary N) is 3. The van der Waals surface area contributed by atoms with E-state index in [0.29, 0.717) is 29.2 Å². The number of hydrogen-bond acceptors (Lipinski definition) is 6. The molecule has 7 nitrogen and oxygen atoms in total. The van der Waals surface area contributed by atoms with Crippen molar-refractivity contribution < 1.29 is 8.42 Å². The molecule has 1 heterocycles. The van der Waals surface area contributed by atoms with Gasteiger partial charge in [0.2, 0.25) is 16.0 Å². The standard InChI is InChI=1S/C26H34BrN5O2S/c1-26(2,3)32-24-22-6-4-5-7-23(22)30-25(31-24)28-16-18-8-10-19(11-9-18)17-29-35(33,34)21-14-12-20(27)13-15-21/h4-7,12-15,18-19,29H,8-11,16-17H2,1-3H3,(H2,28,30,31,32). The van der Waals surface area contributed by atoms with E-state index in [1.165, 1.54) is 0 Å². The molecule has 0 atom stereocenters. The normalized spacial score (nSPS) is 19.0. The fraction of sp³-hybridized carbons (Fsp3) is 0.462. The fourth-order valence-corrected chi connectivity index (χ4v) is 5.79. The molecule has 4 rings (SSSR count). The lowest BCUT2D eigenvalue weighted by atomic mass is 9.82. The number of halogens is 1. The number of nitrogens with zero attached hydrogens (tertiary/aromatic N) is 2. The molecule has 188 valence electrons. The van der Waals surface area contributed by atoms with Crippen LogP contribution in [0.15, 0.2) is 57.9 Å². The minimum absolute atomic E-state index is 0.106. The molecule has 9 heteroatoms. The third kappa shape index (κ3) is 7.15. The van der Waals surface area contributed by atoms with Crippen LogP contribution in [0.5, 0.6) is 0 Å². The van der Waals surface area contributed by atoms with Crippen molar-refractivity contribution in [2.75, 3.05) is 23.7 Å². The van der Waals surface area contributed by atoms with Crippen molar-refractivity contribution in [3.8, 4) is 0 Å². The highest BCUT2D eigenvalue weighted by Gasteiger charge is 2.24. The average molecular weight is 561 g/mol. The summed E-state index contributed by atoms with van der Waals surface area (Å²) in [5.74, 6) is 2.35. The third-order valence-corrected chi connectivity index (χ3v) is 8.27. The van der Waals surface area contributed by atoms with Crippen LogP contribution >= 0.6 is 15.9 Å². The summed E-state index contributed by atoms with van der Waals surface area (Å²) < 4.78 is 28.8. The molecule has 0 radical (unpaired) electrons. The number of rotatable bonds is 8. The van der Waals surface area contributed by atoms with Gasteiger partial charge >= 0.3 is 0 Å². The fourth-order valence-electron chi connectivity index (χ4n) is 4.41. The predicted molar refractivity (Wildman–Crippen MR) is 146 cm³/mol. The number of para-hydroxylation sites is 1. The lowest BCUT2D eigenvalue weighted by Gasteiger charge is -2.29. The van der Waals surface area contributed by atoms with E-state index in [2.05, 4.69) is 52.1 Å². The Kier molecular flexibility index (Phi) is 7.98. The zero-order chi connectivity index (χ0) is 25.1. The van der Waals surface area contributed by atoms with Crippen molar-refractivity contribution in [2.45, 2.75) is 56.9 Å². The van der Waals surface area contributed by atoms with Crippen molar-refractivity contribution in [1.82, 2.24) is 14.7 Å². The number of benzene rings is 2. The highest BCUT2D eigenvalue weighted by molar-refractivity contribution is 9.10. The van der Waals surface area contributed by atoms with Crippen molar-refractivity contribution in [2.24, 2.45) is 11.8 Å². The second kappa shape index (κ2) is 10.8. The molecule has 3 N–H and O–H groups in total. The van der Waals surface area contributed by atoms with Crippen LogP contribution in [0.3, 0.4) is 0 Å². The van der Waals surface area contributed by atoms with Gasteiger partial charge in [0.1, 0.15) is 5.82 Å². The Labute approximate surface area is 216 Å². The molecule has 0 unspecified atom stereocenters. The Hall–Kier alpha value is -2.23. The topological polar surface area (TPSA) is 96.0 Å². The number of hydrogen-bond donors (Lipinski definition) is 3. The maximum atomic E-state index is 12.6. The van der Waals surface area contributed by atoms with Gasteiger partial charge in [-0.15, -0.1) is 0 Å². The molecule has 2 aromatic carbocycles. The van der Waals surface area contributed by atoms with E-state index >= 15 is 0 Å². The van der Waals surface area contributed by atoms with Crippen LogP contribution < -0.4 is 15.4 Å². The van der Waals surface area contributed by atoms with E-state index in [4.69, 9.17) is 9.97 Å². The van der Waals surface area contributed by atoms with Gasteiger partial charge in [-0.1, -0.05) is 28.1 Å². The van der Waals surface area contributed by atoms with Crippen molar-refractivity contribution in [1.29, 1.82) is 0 Å². The first-order valence-electron chi connectivity index (χ1n) is 12.1. The maximum absolute atomic E-state index is 12.6. The molecule has 1 aromatic heterocycles. The lowest BCUT2D eigenvalue weighted by molar-refractivity contribution is 0.284. The van der Waals surface area contributed by atoms with E-state index in [-0.39, 0.29) is 5.54 Å². The molecule has 1 saturated carbocycles. The van der Waals surface area contributed by atoms with Crippen molar-refractivity contribution >= 4 is 48.6 Å². The summed E-state index contributed by atoms with van der Waals surface area (Å²) in [5.41, 5.74) is 0.810. The van der Waals surface area contributed by atoms with Crippen LogP contribution in [0.4, 0.5) is 11.8 Å².